The van der Waals surface area contributed by atoms with Crippen LogP contribution in [0.25, 0.3) is 0 Å². The molecule has 2 heterocycles. The van der Waals surface area contributed by atoms with E-state index in [1.165, 1.54) is 0 Å². The number of halogens is 1. The van der Waals surface area contributed by atoms with Crippen LogP contribution in [0.5, 0.6) is 5.75 Å². The maximum atomic E-state index is 5.89. The quantitative estimate of drug-likeness (QED) is 0.646. The lowest BCUT2D eigenvalue weighted by molar-refractivity contribution is 0.214. The third-order valence-electron chi connectivity index (χ3n) is 2.72. The van der Waals surface area contributed by atoms with Gasteiger partial charge in [0.2, 0.25) is 0 Å². The molecule has 1 aromatic rings. The van der Waals surface area contributed by atoms with E-state index in [0.29, 0.717) is 17.5 Å². The highest BCUT2D eigenvalue weighted by Crippen LogP contribution is 2.41. The molecule has 0 radical (unpaired) electrons. The lowest BCUT2D eigenvalue weighted by Gasteiger charge is -2.25. The predicted molar refractivity (Wildman–Crippen MR) is 52.9 cm³/mol. The predicted octanol–water partition coefficient (Wildman–Crippen LogP) is 2.86. The van der Waals surface area contributed by atoms with Crippen LogP contribution in [0.15, 0.2) is 28.4 Å². The Hall–Kier alpha value is -1.09. The van der Waals surface area contributed by atoms with E-state index >= 15 is 0 Å². The van der Waals surface area contributed by atoms with Crippen molar-refractivity contribution in [1.82, 2.24) is 0 Å². The van der Waals surface area contributed by atoms with E-state index in [-0.39, 0.29) is 6.04 Å². The van der Waals surface area contributed by atoms with Gasteiger partial charge in [0.25, 0.3) is 0 Å². The van der Waals surface area contributed by atoms with Crippen LogP contribution >= 0.6 is 11.6 Å². The number of fused-ring (bicyclic) bond motifs is 3. The number of rotatable bonds is 0. The monoisotopic (exact) mass is 208 g/mol. The Bertz CT molecular complexity index is 405. The standard InChI is InChI=1S/C10H9ClN2O/c11-7-1-2-8-9(3-7)14-5-6-4-12-13-10(6)8/h1-3,6,10H,4-5H2. The first-order chi connectivity index (χ1) is 6.84. The largest absolute Gasteiger partial charge is 0.493 e. The molecule has 1 aromatic carbocycles. The maximum Gasteiger partial charge on any atom is 0.126 e. The third kappa shape index (κ3) is 1.12. The molecule has 0 spiro atoms. The minimum absolute atomic E-state index is 0.191. The van der Waals surface area contributed by atoms with Gasteiger partial charge in [0.1, 0.15) is 11.8 Å². The molecule has 3 rings (SSSR count). The van der Waals surface area contributed by atoms with Gasteiger partial charge in [-0.05, 0) is 12.1 Å². The zero-order chi connectivity index (χ0) is 9.54. The summed E-state index contributed by atoms with van der Waals surface area (Å²) in [5.74, 6) is 1.28. The van der Waals surface area contributed by atoms with E-state index in [4.69, 9.17) is 16.3 Å². The molecule has 3 nitrogen and oxygen atoms in total. The average Bonchev–Trinajstić information content (AvgIpc) is 2.65. The van der Waals surface area contributed by atoms with Gasteiger partial charge in [-0.25, -0.2) is 0 Å². The van der Waals surface area contributed by atoms with Crippen LogP contribution in [0.3, 0.4) is 0 Å². The van der Waals surface area contributed by atoms with Gasteiger partial charge in [-0.2, -0.15) is 10.2 Å². The van der Waals surface area contributed by atoms with Gasteiger partial charge in [0.15, 0.2) is 0 Å². The summed E-state index contributed by atoms with van der Waals surface area (Å²) in [5.41, 5.74) is 1.12. The Morgan fingerprint density at radius 3 is 3.29 bits per heavy atom. The first kappa shape index (κ1) is 8.24. The topological polar surface area (TPSA) is 34.0 Å². The molecule has 72 valence electrons. The van der Waals surface area contributed by atoms with Crippen LogP contribution in [-0.4, -0.2) is 13.2 Å². The maximum absolute atomic E-state index is 5.89. The van der Waals surface area contributed by atoms with Gasteiger partial charge in [0, 0.05) is 16.5 Å². The molecule has 2 unspecified atom stereocenters. The Morgan fingerprint density at radius 1 is 1.43 bits per heavy atom. The lowest BCUT2D eigenvalue weighted by atomic mass is 9.92. The Balaban J connectivity index is 2.09. The summed E-state index contributed by atoms with van der Waals surface area (Å²) in [5, 5.41) is 9.00. The molecule has 0 aromatic heterocycles. The smallest absolute Gasteiger partial charge is 0.126 e. The van der Waals surface area contributed by atoms with E-state index in [9.17, 15) is 0 Å². The second-order valence-corrected chi connectivity index (χ2v) is 4.07. The van der Waals surface area contributed by atoms with Crippen LogP contribution < -0.4 is 4.74 Å². The van der Waals surface area contributed by atoms with Gasteiger partial charge in [-0.1, -0.05) is 17.7 Å². The van der Waals surface area contributed by atoms with Crippen LogP contribution in [0.2, 0.25) is 5.02 Å². The number of benzene rings is 1. The second-order valence-electron chi connectivity index (χ2n) is 3.64. The van der Waals surface area contributed by atoms with Crippen molar-refractivity contribution in [3.05, 3.63) is 28.8 Å². The zero-order valence-corrected chi connectivity index (χ0v) is 8.24. The molecule has 0 N–H and O–H groups in total. The summed E-state index contributed by atoms with van der Waals surface area (Å²) >= 11 is 5.89. The molecule has 2 atom stereocenters. The SMILES string of the molecule is Clc1ccc2c(c1)OCC1CN=NC21. The van der Waals surface area contributed by atoms with Crippen molar-refractivity contribution in [3.8, 4) is 5.75 Å². The molecule has 0 bridgehead atoms. The summed E-state index contributed by atoms with van der Waals surface area (Å²) < 4.78 is 5.61. The first-order valence-corrected chi connectivity index (χ1v) is 5.01. The molecule has 0 amide bonds. The summed E-state index contributed by atoms with van der Waals surface area (Å²) in [7, 11) is 0. The summed E-state index contributed by atoms with van der Waals surface area (Å²) in [6.45, 7) is 1.48. The summed E-state index contributed by atoms with van der Waals surface area (Å²) in [6, 6.07) is 5.90. The number of hydrogen-bond donors (Lipinski definition) is 0. The number of hydrogen-bond acceptors (Lipinski definition) is 3. The van der Waals surface area contributed by atoms with Crippen molar-refractivity contribution < 1.29 is 4.74 Å². The molecular weight excluding hydrogens is 200 g/mol. The minimum atomic E-state index is 0.191. The normalized spacial score (nSPS) is 28.1. The molecule has 0 saturated carbocycles. The van der Waals surface area contributed by atoms with E-state index < -0.39 is 0 Å². The second kappa shape index (κ2) is 2.95. The molecule has 0 aliphatic carbocycles. The van der Waals surface area contributed by atoms with Crippen LogP contribution in [0.4, 0.5) is 0 Å². The highest BCUT2D eigenvalue weighted by Gasteiger charge is 2.34. The summed E-state index contributed by atoms with van der Waals surface area (Å²) in [6.07, 6.45) is 0. The molecule has 4 heteroatoms. The van der Waals surface area contributed by atoms with Gasteiger partial charge in [-0.15, -0.1) is 0 Å². The zero-order valence-electron chi connectivity index (χ0n) is 7.48. The molecule has 0 fully saturated rings. The van der Waals surface area contributed by atoms with Crippen molar-refractivity contribution >= 4 is 11.6 Å². The Kier molecular flexibility index (Phi) is 1.74. The van der Waals surface area contributed by atoms with Crippen molar-refractivity contribution in [1.29, 1.82) is 0 Å². The van der Waals surface area contributed by atoms with Gasteiger partial charge in [-0.3, -0.25) is 0 Å². The van der Waals surface area contributed by atoms with E-state index in [2.05, 4.69) is 10.2 Å². The van der Waals surface area contributed by atoms with Crippen molar-refractivity contribution in [2.75, 3.05) is 13.2 Å². The van der Waals surface area contributed by atoms with Gasteiger partial charge < -0.3 is 4.74 Å². The van der Waals surface area contributed by atoms with E-state index in [0.717, 1.165) is 17.9 Å². The highest BCUT2D eigenvalue weighted by molar-refractivity contribution is 6.30. The average molecular weight is 209 g/mol. The molecule has 14 heavy (non-hydrogen) atoms. The molecular formula is C10H9ClN2O. The fourth-order valence-electron chi connectivity index (χ4n) is 1.97. The van der Waals surface area contributed by atoms with Gasteiger partial charge in [0.05, 0.1) is 13.2 Å². The van der Waals surface area contributed by atoms with Gasteiger partial charge >= 0.3 is 0 Å². The van der Waals surface area contributed by atoms with Crippen LogP contribution in [-0.2, 0) is 0 Å². The number of nitrogens with zero attached hydrogens (tertiary/aromatic N) is 2. The van der Waals surface area contributed by atoms with Crippen LogP contribution in [0, 0.1) is 5.92 Å². The third-order valence-corrected chi connectivity index (χ3v) is 2.95. The summed E-state index contributed by atoms with van der Waals surface area (Å²) in [4.78, 5) is 0. The fraction of sp³-hybridized carbons (Fsp3) is 0.400. The highest BCUT2D eigenvalue weighted by atomic mass is 35.5. The number of azo groups is 1. The van der Waals surface area contributed by atoms with Crippen molar-refractivity contribution in [2.45, 2.75) is 6.04 Å². The minimum Gasteiger partial charge on any atom is -0.493 e. The fourth-order valence-corrected chi connectivity index (χ4v) is 2.13. The Morgan fingerprint density at radius 2 is 2.36 bits per heavy atom. The van der Waals surface area contributed by atoms with Crippen LogP contribution in [0.1, 0.15) is 11.6 Å². The molecule has 2 aliphatic heterocycles. The number of ether oxygens (including phenoxy) is 1. The van der Waals surface area contributed by atoms with Crippen molar-refractivity contribution in [3.63, 3.8) is 0 Å². The van der Waals surface area contributed by atoms with Crippen molar-refractivity contribution in [2.24, 2.45) is 16.1 Å². The molecule has 2 aliphatic rings. The van der Waals surface area contributed by atoms with E-state index in [1.54, 1.807) is 0 Å². The van der Waals surface area contributed by atoms with E-state index in [1.807, 2.05) is 18.2 Å². The lowest BCUT2D eigenvalue weighted by Crippen LogP contribution is -2.23. The Labute approximate surface area is 86.7 Å². The molecule has 0 saturated heterocycles. The first-order valence-electron chi connectivity index (χ1n) is 4.63.